The molecule has 4 heteroatoms. The maximum absolute atomic E-state index is 12.7. The number of halogens is 3. The SMILES string of the molecule is N[C@@]1(C(F)(F)F)CCc2ccccc21. The van der Waals surface area contributed by atoms with Crippen molar-refractivity contribution in [1.29, 1.82) is 0 Å². The van der Waals surface area contributed by atoms with Gasteiger partial charge >= 0.3 is 6.18 Å². The molecule has 1 aliphatic carbocycles. The number of fused-ring (bicyclic) bond motifs is 1. The summed E-state index contributed by atoms with van der Waals surface area (Å²) in [4.78, 5) is 0. The van der Waals surface area contributed by atoms with Gasteiger partial charge < -0.3 is 5.73 Å². The Bertz CT molecular complexity index is 359. The number of alkyl halides is 3. The summed E-state index contributed by atoms with van der Waals surface area (Å²) >= 11 is 0. The summed E-state index contributed by atoms with van der Waals surface area (Å²) in [5, 5.41) is 0. The van der Waals surface area contributed by atoms with E-state index in [9.17, 15) is 13.2 Å². The van der Waals surface area contributed by atoms with Crippen molar-refractivity contribution < 1.29 is 13.2 Å². The van der Waals surface area contributed by atoms with Crippen molar-refractivity contribution in [2.24, 2.45) is 5.73 Å². The Morgan fingerprint density at radius 1 is 1.21 bits per heavy atom. The molecule has 2 rings (SSSR count). The largest absolute Gasteiger partial charge is 0.410 e. The zero-order chi connectivity index (χ0) is 10.4. The van der Waals surface area contributed by atoms with Crippen LogP contribution in [-0.4, -0.2) is 6.18 Å². The van der Waals surface area contributed by atoms with Crippen molar-refractivity contribution >= 4 is 0 Å². The monoisotopic (exact) mass is 201 g/mol. The van der Waals surface area contributed by atoms with Crippen LogP contribution in [0.5, 0.6) is 0 Å². The van der Waals surface area contributed by atoms with Gasteiger partial charge in [0.15, 0.2) is 0 Å². The predicted octanol–water partition coefficient (Wildman–Crippen LogP) is 2.35. The van der Waals surface area contributed by atoms with E-state index in [4.69, 9.17) is 5.73 Å². The molecule has 0 saturated heterocycles. The highest BCUT2D eigenvalue weighted by atomic mass is 19.4. The highest BCUT2D eigenvalue weighted by Crippen LogP contribution is 2.45. The van der Waals surface area contributed by atoms with Gasteiger partial charge in [-0.05, 0) is 24.0 Å². The van der Waals surface area contributed by atoms with Gasteiger partial charge in [-0.15, -0.1) is 0 Å². The van der Waals surface area contributed by atoms with Crippen molar-refractivity contribution in [1.82, 2.24) is 0 Å². The Labute approximate surface area is 79.7 Å². The second-order valence-electron chi connectivity index (χ2n) is 3.63. The Morgan fingerprint density at radius 3 is 2.50 bits per heavy atom. The molecule has 1 aliphatic rings. The van der Waals surface area contributed by atoms with Crippen molar-refractivity contribution in [3.63, 3.8) is 0 Å². The zero-order valence-corrected chi connectivity index (χ0v) is 7.43. The van der Waals surface area contributed by atoms with E-state index < -0.39 is 11.7 Å². The lowest BCUT2D eigenvalue weighted by Gasteiger charge is -2.28. The maximum atomic E-state index is 12.7. The van der Waals surface area contributed by atoms with E-state index in [1.165, 1.54) is 6.07 Å². The Balaban J connectivity index is 2.53. The molecular weight excluding hydrogens is 191 g/mol. The normalized spacial score (nSPS) is 26.3. The fourth-order valence-corrected chi connectivity index (χ4v) is 1.93. The van der Waals surface area contributed by atoms with E-state index >= 15 is 0 Å². The number of hydrogen-bond acceptors (Lipinski definition) is 1. The number of rotatable bonds is 0. The molecule has 0 amide bonds. The number of nitrogens with two attached hydrogens (primary N) is 1. The van der Waals surface area contributed by atoms with Crippen LogP contribution >= 0.6 is 0 Å². The van der Waals surface area contributed by atoms with Gasteiger partial charge in [0, 0.05) is 0 Å². The molecule has 0 saturated carbocycles. The van der Waals surface area contributed by atoms with Crippen LogP contribution in [0.2, 0.25) is 0 Å². The fourth-order valence-electron chi connectivity index (χ4n) is 1.93. The van der Waals surface area contributed by atoms with Crippen LogP contribution in [-0.2, 0) is 12.0 Å². The third-order valence-electron chi connectivity index (χ3n) is 2.79. The van der Waals surface area contributed by atoms with Crippen molar-refractivity contribution in [3.8, 4) is 0 Å². The van der Waals surface area contributed by atoms with E-state index in [2.05, 4.69) is 0 Å². The third-order valence-corrected chi connectivity index (χ3v) is 2.79. The topological polar surface area (TPSA) is 26.0 Å². The quantitative estimate of drug-likeness (QED) is 0.685. The second kappa shape index (κ2) is 2.73. The summed E-state index contributed by atoms with van der Waals surface area (Å²) in [7, 11) is 0. The molecule has 1 nitrogen and oxygen atoms in total. The zero-order valence-electron chi connectivity index (χ0n) is 7.43. The molecule has 1 aromatic carbocycles. The Hall–Kier alpha value is -1.03. The van der Waals surface area contributed by atoms with Crippen LogP contribution in [0.15, 0.2) is 24.3 Å². The van der Waals surface area contributed by atoms with Gasteiger partial charge in [0.2, 0.25) is 0 Å². The molecule has 0 radical (unpaired) electrons. The minimum Gasteiger partial charge on any atom is -0.314 e. The van der Waals surface area contributed by atoms with Gasteiger partial charge in [-0.1, -0.05) is 24.3 Å². The average Bonchev–Trinajstić information content (AvgIpc) is 2.45. The molecule has 0 bridgehead atoms. The standard InChI is InChI=1S/C10H10F3N/c11-10(12,13)9(14)6-5-7-3-1-2-4-8(7)9/h1-4H,5-6,14H2/t9-/m0/s1. The van der Waals surface area contributed by atoms with E-state index in [-0.39, 0.29) is 12.0 Å². The first kappa shape index (κ1) is 9.52. The predicted molar refractivity (Wildman–Crippen MR) is 46.7 cm³/mol. The second-order valence-corrected chi connectivity index (χ2v) is 3.63. The van der Waals surface area contributed by atoms with Crippen LogP contribution in [0.1, 0.15) is 17.5 Å². The molecular formula is C10H10F3N. The molecule has 0 spiro atoms. The van der Waals surface area contributed by atoms with Crippen molar-refractivity contribution in [2.75, 3.05) is 0 Å². The van der Waals surface area contributed by atoms with Gasteiger partial charge in [0.1, 0.15) is 5.54 Å². The van der Waals surface area contributed by atoms with Gasteiger partial charge in [-0.3, -0.25) is 0 Å². The summed E-state index contributed by atoms with van der Waals surface area (Å²) in [5.74, 6) is 0. The summed E-state index contributed by atoms with van der Waals surface area (Å²) in [6.07, 6.45) is -4.00. The minimum absolute atomic E-state index is 0.0458. The van der Waals surface area contributed by atoms with E-state index in [1.807, 2.05) is 0 Å². The van der Waals surface area contributed by atoms with Crippen LogP contribution in [0.25, 0.3) is 0 Å². The van der Waals surface area contributed by atoms with Crippen molar-refractivity contribution in [3.05, 3.63) is 35.4 Å². The summed E-state index contributed by atoms with van der Waals surface area (Å²) in [6.45, 7) is 0. The maximum Gasteiger partial charge on any atom is 0.410 e. The summed E-state index contributed by atoms with van der Waals surface area (Å²) in [5.41, 5.74) is 4.23. The lowest BCUT2D eigenvalue weighted by atomic mass is 9.92. The van der Waals surface area contributed by atoms with Gasteiger partial charge in [0.25, 0.3) is 0 Å². The average molecular weight is 201 g/mol. The summed E-state index contributed by atoms with van der Waals surface area (Å²) in [6, 6.07) is 6.50. The van der Waals surface area contributed by atoms with Crippen molar-refractivity contribution in [2.45, 2.75) is 24.6 Å². The van der Waals surface area contributed by atoms with Crippen LogP contribution < -0.4 is 5.73 Å². The number of aryl methyl sites for hydroxylation is 1. The molecule has 14 heavy (non-hydrogen) atoms. The highest BCUT2D eigenvalue weighted by molar-refractivity contribution is 5.39. The first-order chi connectivity index (χ1) is 6.45. The van der Waals surface area contributed by atoms with Gasteiger partial charge in [-0.2, -0.15) is 13.2 Å². The lowest BCUT2D eigenvalue weighted by Crippen LogP contribution is -2.48. The minimum atomic E-state index is -4.36. The van der Waals surface area contributed by atoms with Crippen LogP contribution in [0.4, 0.5) is 13.2 Å². The highest BCUT2D eigenvalue weighted by Gasteiger charge is 2.55. The Morgan fingerprint density at radius 2 is 1.86 bits per heavy atom. The molecule has 1 aromatic rings. The van der Waals surface area contributed by atoms with Gasteiger partial charge in [-0.25, -0.2) is 0 Å². The molecule has 0 aliphatic heterocycles. The molecule has 76 valence electrons. The third kappa shape index (κ3) is 1.14. The fraction of sp³-hybridized carbons (Fsp3) is 0.400. The first-order valence-corrected chi connectivity index (χ1v) is 4.39. The number of hydrogen-bond donors (Lipinski definition) is 1. The van der Waals surface area contributed by atoms with Gasteiger partial charge in [0.05, 0.1) is 0 Å². The van der Waals surface area contributed by atoms with E-state index in [0.29, 0.717) is 12.0 Å². The molecule has 0 fully saturated rings. The molecule has 1 atom stereocenters. The molecule has 2 N–H and O–H groups in total. The van der Waals surface area contributed by atoms with E-state index in [0.717, 1.165) is 0 Å². The van der Waals surface area contributed by atoms with Crippen LogP contribution in [0, 0.1) is 0 Å². The molecule has 0 unspecified atom stereocenters. The molecule has 0 heterocycles. The first-order valence-electron chi connectivity index (χ1n) is 4.39. The smallest absolute Gasteiger partial charge is 0.314 e. The van der Waals surface area contributed by atoms with Crippen LogP contribution in [0.3, 0.4) is 0 Å². The van der Waals surface area contributed by atoms with E-state index in [1.54, 1.807) is 18.2 Å². The Kier molecular flexibility index (Phi) is 1.86. The molecule has 0 aromatic heterocycles. The lowest BCUT2D eigenvalue weighted by molar-refractivity contribution is -0.188. The number of benzene rings is 1. The summed E-state index contributed by atoms with van der Waals surface area (Å²) < 4.78 is 38.1.